The highest BCUT2D eigenvalue weighted by Crippen LogP contribution is 2.33. The molecule has 2 aliphatic rings. The van der Waals surface area contributed by atoms with Crippen molar-refractivity contribution in [3.63, 3.8) is 0 Å². The Balaban J connectivity index is 0.00000616. The Morgan fingerprint density at radius 1 is 0.714 bits per heavy atom. The number of carbonyl (C=O) groups excluding carboxylic acids is 4. The predicted octanol–water partition coefficient (Wildman–Crippen LogP) is -0.0533. The number of hydrogen-bond donors (Lipinski definition) is 2. The lowest BCUT2D eigenvalue weighted by Gasteiger charge is -2.27. The molecule has 3 N–H and O–H groups in total. The van der Waals surface area contributed by atoms with E-state index < -0.39 is 29.7 Å². The van der Waals surface area contributed by atoms with Gasteiger partial charge in [0.1, 0.15) is 18.4 Å². The first-order valence-corrected chi connectivity index (χ1v) is 13.7. The number of benzene rings is 1. The molecule has 1 unspecified atom stereocenters. The van der Waals surface area contributed by atoms with Gasteiger partial charge in [-0.3, -0.25) is 29.4 Å². The number of imide groups is 2. The summed E-state index contributed by atoms with van der Waals surface area (Å²) >= 11 is 0. The highest BCUT2D eigenvalue weighted by Gasteiger charge is 2.45. The third-order valence-electron chi connectivity index (χ3n) is 6.04. The number of carbonyl (C=O) groups is 4. The summed E-state index contributed by atoms with van der Waals surface area (Å²) in [6, 6.07) is 3.67. The zero-order valence-electron chi connectivity index (χ0n) is 23.5. The molecule has 1 saturated heterocycles. The van der Waals surface area contributed by atoms with Crippen molar-refractivity contribution in [2.24, 2.45) is 5.73 Å². The second kappa shape index (κ2) is 20.3. The number of nitrogens with two attached hydrogens (primary N) is 1. The molecule has 3 rings (SSSR count). The van der Waals surface area contributed by atoms with Gasteiger partial charge in [-0.2, -0.15) is 0 Å². The maximum Gasteiger partial charge on any atom is 0.266 e. The Morgan fingerprint density at radius 2 is 1.21 bits per heavy atom. The van der Waals surface area contributed by atoms with Crippen LogP contribution in [0.2, 0.25) is 0 Å². The van der Waals surface area contributed by atoms with Crippen LogP contribution < -0.4 is 15.8 Å². The van der Waals surface area contributed by atoms with Crippen molar-refractivity contribution in [2.45, 2.75) is 18.9 Å². The lowest BCUT2D eigenvalue weighted by Crippen LogP contribution is -2.54. The summed E-state index contributed by atoms with van der Waals surface area (Å²) in [5, 5.41) is 2.18. The van der Waals surface area contributed by atoms with Gasteiger partial charge in [0.05, 0.1) is 90.4 Å². The number of amides is 4. The van der Waals surface area contributed by atoms with Crippen molar-refractivity contribution in [1.29, 1.82) is 0 Å². The third-order valence-corrected chi connectivity index (χ3v) is 6.04. The normalized spacial score (nSPS) is 16.4. The zero-order chi connectivity index (χ0) is 29.3. The summed E-state index contributed by atoms with van der Waals surface area (Å²) in [5.74, 6) is -2.05. The molecular formula is C27H40ClN3O11. The molecule has 0 radical (unpaired) electrons. The molecule has 0 bridgehead atoms. The highest BCUT2D eigenvalue weighted by molar-refractivity contribution is 6.24. The second-order valence-electron chi connectivity index (χ2n) is 8.94. The third kappa shape index (κ3) is 11.2. The molecule has 1 aromatic carbocycles. The van der Waals surface area contributed by atoms with Crippen molar-refractivity contribution in [1.82, 2.24) is 10.2 Å². The lowest BCUT2D eigenvalue weighted by molar-refractivity contribution is -0.136. The van der Waals surface area contributed by atoms with Crippen molar-refractivity contribution in [3.8, 4) is 5.75 Å². The fraction of sp³-hybridized carbons (Fsp3) is 0.630. The standard InChI is InChI=1S/C27H39N3O11.ClH/c28-6-7-35-8-9-36-10-11-37-12-13-38-14-15-39-16-17-40-18-19-41-22-3-1-2-20-24(22)27(34)30(26(20)33)21-4-5-23(31)29-25(21)32;/h1-3,21H,4-19,28H2,(H,29,31,32);1H. The molecule has 1 fully saturated rings. The lowest BCUT2D eigenvalue weighted by atomic mass is 10.0. The predicted molar refractivity (Wildman–Crippen MR) is 150 cm³/mol. The van der Waals surface area contributed by atoms with E-state index in [-0.39, 0.29) is 55.3 Å². The number of rotatable bonds is 22. The van der Waals surface area contributed by atoms with E-state index >= 15 is 0 Å². The monoisotopic (exact) mass is 617 g/mol. The largest absolute Gasteiger partial charge is 0.490 e. The summed E-state index contributed by atoms with van der Waals surface area (Å²) in [4.78, 5) is 50.5. The van der Waals surface area contributed by atoms with Crippen LogP contribution in [0.4, 0.5) is 0 Å². The average Bonchev–Trinajstić information content (AvgIpc) is 3.22. The number of halogens is 1. The molecule has 0 aliphatic carbocycles. The van der Waals surface area contributed by atoms with Gasteiger partial charge in [-0.1, -0.05) is 6.07 Å². The van der Waals surface area contributed by atoms with Gasteiger partial charge in [0.15, 0.2) is 0 Å². The molecule has 2 aliphatic heterocycles. The van der Waals surface area contributed by atoms with E-state index in [1.54, 1.807) is 12.1 Å². The van der Waals surface area contributed by atoms with Gasteiger partial charge in [-0.15, -0.1) is 12.4 Å². The van der Waals surface area contributed by atoms with Crippen LogP contribution in [0.5, 0.6) is 5.75 Å². The number of nitrogens with one attached hydrogen (secondary N) is 1. The van der Waals surface area contributed by atoms with Crippen LogP contribution in [-0.2, 0) is 38.0 Å². The first-order chi connectivity index (χ1) is 20.0. The SMILES string of the molecule is Cl.NCCOCCOCCOCCOCCOCCOCCOc1cccc2c1C(=O)N(C1CCC(=O)NC1=O)C2=O. The fourth-order valence-electron chi connectivity index (χ4n) is 4.10. The number of hydrogen-bond acceptors (Lipinski definition) is 12. The van der Waals surface area contributed by atoms with E-state index in [2.05, 4.69) is 5.32 Å². The summed E-state index contributed by atoms with van der Waals surface area (Å²) in [5.41, 5.74) is 5.59. The second-order valence-corrected chi connectivity index (χ2v) is 8.94. The summed E-state index contributed by atoms with van der Waals surface area (Å²) in [6.07, 6.45) is 0.145. The van der Waals surface area contributed by atoms with Gasteiger partial charge in [0.2, 0.25) is 11.8 Å². The quantitative estimate of drug-likeness (QED) is 0.131. The Bertz CT molecular complexity index is 1010. The minimum Gasteiger partial charge on any atom is -0.490 e. The zero-order valence-corrected chi connectivity index (χ0v) is 24.4. The van der Waals surface area contributed by atoms with Crippen LogP contribution in [0.3, 0.4) is 0 Å². The number of fused-ring (bicyclic) bond motifs is 1. The highest BCUT2D eigenvalue weighted by atomic mass is 35.5. The average molecular weight is 618 g/mol. The van der Waals surface area contributed by atoms with Crippen LogP contribution in [0, 0.1) is 0 Å². The minimum absolute atomic E-state index is 0. The maximum atomic E-state index is 13.0. The molecule has 236 valence electrons. The van der Waals surface area contributed by atoms with E-state index in [9.17, 15) is 19.2 Å². The summed E-state index contributed by atoms with van der Waals surface area (Å²) in [6.45, 7) is 5.93. The van der Waals surface area contributed by atoms with Crippen LogP contribution in [0.15, 0.2) is 18.2 Å². The first-order valence-electron chi connectivity index (χ1n) is 13.7. The molecule has 1 aromatic rings. The van der Waals surface area contributed by atoms with E-state index in [4.69, 9.17) is 38.9 Å². The van der Waals surface area contributed by atoms with Crippen molar-refractivity contribution >= 4 is 36.0 Å². The molecular weight excluding hydrogens is 578 g/mol. The van der Waals surface area contributed by atoms with Crippen molar-refractivity contribution in [2.75, 3.05) is 92.4 Å². The Kier molecular flexibility index (Phi) is 17.1. The molecule has 14 nitrogen and oxygen atoms in total. The summed E-state index contributed by atoms with van der Waals surface area (Å²) < 4.78 is 38.0. The van der Waals surface area contributed by atoms with Crippen LogP contribution in [0.1, 0.15) is 33.6 Å². The Labute approximate surface area is 250 Å². The molecule has 0 spiro atoms. The van der Waals surface area contributed by atoms with Gasteiger partial charge in [-0.25, -0.2) is 0 Å². The molecule has 4 amide bonds. The van der Waals surface area contributed by atoms with Crippen LogP contribution >= 0.6 is 12.4 Å². The van der Waals surface area contributed by atoms with E-state index in [0.717, 1.165) is 4.90 Å². The van der Waals surface area contributed by atoms with E-state index in [1.165, 1.54) is 6.07 Å². The van der Waals surface area contributed by atoms with Gasteiger partial charge < -0.3 is 38.9 Å². The number of piperidine rings is 1. The van der Waals surface area contributed by atoms with Gasteiger partial charge in [-0.05, 0) is 18.6 Å². The molecule has 15 heteroatoms. The molecule has 1 atom stereocenters. The smallest absolute Gasteiger partial charge is 0.266 e. The van der Waals surface area contributed by atoms with Crippen molar-refractivity contribution < 1.29 is 52.3 Å². The van der Waals surface area contributed by atoms with E-state index in [1.807, 2.05) is 0 Å². The minimum atomic E-state index is -1.03. The maximum absolute atomic E-state index is 13.0. The van der Waals surface area contributed by atoms with Crippen LogP contribution in [0.25, 0.3) is 0 Å². The summed E-state index contributed by atoms with van der Waals surface area (Å²) in [7, 11) is 0. The van der Waals surface area contributed by atoms with E-state index in [0.29, 0.717) is 79.2 Å². The van der Waals surface area contributed by atoms with Gasteiger partial charge in [0, 0.05) is 13.0 Å². The fourth-order valence-corrected chi connectivity index (χ4v) is 4.10. The van der Waals surface area contributed by atoms with Gasteiger partial charge in [0.25, 0.3) is 11.8 Å². The molecule has 0 saturated carbocycles. The van der Waals surface area contributed by atoms with Crippen LogP contribution in [-0.4, -0.2) is 127 Å². The van der Waals surface area contributed by atoms with Crippen molar-refractivity contribution in [3.05, 3.63) is 29.3 Å². The topological polar surface area (TPSA) is 174 Å². The Morgan fingerprint density at radius 3 is 1.71 bits per heavy atom. The molecule has 2 heterocycles. The number of ether oxygens (including phenoxy) is 7. The first kappa shape index (κ1) is 35.5. The Hall–Kier alpha value is -2.69. The molecule has 0 aromatic heterocycles. The van der Waals surface area contributed by atoms with Gasteiger partial charge >= 0.3 is 0 Å². The number of nitrogens with zero attached hydrogens (tertiary/aromatic N) is 1. The molecule has 42 heavy (non-hydrogen) atoms.